The molecule has 0 radical (unpaired) electrons. The van der Waals surface area contributed by atoms with Crippen molar-refractivity contribution in [3.63, 3.8) is 0 Å². The van der Waals surface area contributed by atoms with Crippen LogP contribution in [0.1, 0.15) is 26.2 Å². The number of β-amino-alcohol motifs (C(OH)–C–C–N with tert-alkyl or cyclic N) is 1. The Morgan fingerprint density at radius 1 is 1.45 bits per heavy atom. The first-order valence-corrected chi connectivity index (χ1v) is 4.68. The summed E-state index contributed by atoms with van der Waals surface area (Å²) < 4.78 is 0. The molecule has 1 aliphatic heterocycles. The molecule has 2 rings (SSSR count). The maximum atomic E-state index is 9.36. The van der Waals surface area contributed by atoms with Crippen LogP contribution in [0.2, 0.25) is 0 Å². The molecular formula is C9H17NO. The lowest BCUT2D eigenvalue weighted by molar-refractivity contribution is 0.173. The van der Waals surface area contributed by atoms with Gasteiger partial charge in [0.05, 0.1) is 6.10 Å². The van der Waals surface area contributed by atoms with Gasteiger partial charge in [-0.2, -0.15) is 0 Å². The number of likely N-dealkylation sites (tertiary alicyclic amines) is 1. The number of aliphatic hydroxyl groups excluding tert-OH is 1. The van der Waals surface area contributed by atoms with E-state index in [9.17, 15) is 5.11 Å². The Kier molecular flexibility index (Phi) is 1.90. The molecular weight excluding hydrogens is 138 g/mol. The van der Waals surface area contributed by atoms with E-state index in [0.717, 1.165) is 18.9 Å². The Morgan fingerprint density at radius 3 is 2.64 bits per heavy atom. The second-order valence-corrected chi connectivity index (χ2v) is 4.14. The molecule has 1 saturated heterocycles. The Balaban J connectivity index is 1.82. The lowest BCUT2D eigenvalue weighted by Gasteiger charge is -2.19. The maximum absolute atomic E-state index is 9.36. The molecule has 0 bridgehead atoms. The third kappa shape index (κ3) is 1.74. The average molecular weight is 155 g/mol. The summed E-state index contributed by atoms with van der Waals surface area (Å²) >= 11 is 0. The van der Waals surface area contributed by atoms with Crippen LogP contribution in [0.3, 0.4) is 0 Å². The molecule has 2 atom stereocenters. The fraction of sp³-hybridized carbons (Fsp3) is 1.00. The van der Waals surface area contributed by atoms with Crippen LogP contribution in [0, 0.1) is 5.92 Å². The molecule has 64 valence electrons. The molecule has 1 aliphatic carbocycles. The summed E-state index contributed by atoms with van der Waals surface area (Å²) in [4.78, 5) is 2.43. The minimum absolute atomic E-state index is 0.0521. The van der Waals surface area contributed by atoms with Gasteiger partial charge in [0, 0.05) is 19.1 Å². The summed E-state index contributed by atoms with van der Waals surface area (Å²) in [5.74, 6) is 0.961. The van der Waals surface area contributed by atoms with Gasteiger partial charge < -0.3 is 5.11 Å². The monoisotopic (exact) mass is 155 g/mol. The predicted octanol–water partition coefficient (Wildman–Crippen LogP) is 0.851. The van der Waals surface area contributed by atoms with E-state index in [2.05, 4.69) is 11.8 Å². The number of aliphatic hydroxyl groups is 1. The normalized spacial score (nSPS) is 39.8. The highest BCUT2D eigenvalue weighted by Crippen LogP contribution is 2.32. The second-order valence-electron chi connectivity index (χ2n) is 4.14. The largest absolute Gasteiger partial charge is 0.392 e. The van der Waals surface area contributed by atoms with Crippen LogP contribution in [0.25, 0.3) is 0 Å². The van der Waals surface area contributed by atoms with Crippen molar-refractivity contribution in [1.82, 2.24) is 4.90 Å². The number of hydrogen-bond donors (Lipinski definition) is 1. The summed E-state index contributed by atoms with van der Waals surface area (Å²) in [6, 6.07) is 0.616. The van der Waals surface area contributed by atoms with E-state index in [1.54, 1.807) is 0 Å². The second kappa shape index (κ2) is 2.76. The van der Waals surface area contributed by atoms with Crippen molar-refractivity contribution in [3.8, 4) is 0 Å². The predicted molar refractivity (Wildman–Crippen MR) is 44.4 cm³/mol. The van der Waals surface area contributed by atoms with E-state index in [1.807, 2.05) is 0 Å². The van der Waals surface area contributed by atoms with E-state index in [1.165, 1.54) is 19.4 Å². The lowest BCUT2D eigenvalue weighted by atomic mass is 10.2. The van der Waals surface area contributed by atoms with Crippen molar-refractivity contribution >= 4 is 0 Å². The molecule has 0 amide bonds. The molecule has 0 aromatic rings. The first-order valence-electron chi connectivity index (χ1n) is 4.68. The SMILES string of the molecule is C[C@@H]1C[C@@H](O)CN1CC1CC1. The van der Waals surface area contributed by atoms with Gasteiger partial charge in [-0.15, -0.1) is 0 Å². The minimum Gasteiger partial charge on any atom is -0.392 e. The first-order chi connectivity index (χ1) is 5.25. The van der Waals surface area contributed by atoms with Crippen LogP contribution < -0.4 is 0 Å². The summed E-state index contributed by atoms with van der Waals surface area (Å²) in [6.45, 7) is 4.37. The molecule has 0 spiro atoms. The van der Waals surface area contributed by atoms with Crippen molar-refractivity contribution in [1.29, 1.82) is 0 Å². The topological polar surface area (TPSA) is 23.5 Å². The van der Waals surface area contributed by atoms with Gasteiger partial charge in [-0.3, -0.25) is 4.90 Å². The summed E-state index contributed by atoms with van der Waals surface area (Å²) in [6.07, 6.45) is 3.76. The molecule has 2 heteroatoms. The van der Waals surface area contributed by atoms with Gasteiger partial charge in [-0.25, -0.2) is 0 Å². The Bertz CT molecular complexity index is 144. The first kappa shape index (κ1) is 7.56. The van der Waals surface area contributed by atoms with Crippen LogP contribution in [0.15, 0.2) is 0 Å². The fourth-order valence-corrected chi connectivity index (χ4v) is 1.95. The average Bonchev–Trinajstić information content (AvgIpc) is 2.64. The molecule has 0 aromatic heterocycles. The lowest BCUT2D eigenvalue weighted by Crippen LogP contribution is -2.29. The van der Waals surface area contributed by atoms with Crippen molar-refractivity contribution in [2.24, 2.45) is 5.92 Å². The Morgan fingerprint density at radius 2 is 2.18 bits per heavy atom. The number of rotatable bonds is 2. The van der Waals surface area contributed by atoms with Crippen molar-refractivity contribution in [2.75, 3.05) is 13.1 Å². The Hall–Kier alpha value is -0.0800. The highest BCUT2D eigenvalue weighted by Gasteiger charge is 2.32. The van der Waals surface area contributed by atoms with E-state index in [0.29, 0.717) is 6.04 Å². The molecule has 1 N–H and O–H groups in total. The smallest absolute Gasteiger partial charge is 0.0682 e. The molecule has 1 saturated carbocycles. The maximum Gasteiger partial charge on any atom is 0.0682 e. The number of nitrogens with zero attached hydrogens (tertiary/aromatic N) is 1. The van der Waals surface area contributed by atoms with Crippen LogP contribution in [-0.2, 0) is 0 Å². The van der Waals surface area contributed by atoms with Crippen LogP contribution in [0.5, 0.6) is 0 Å². The van der Waals surface area contributed by atoms with E-state index < -0.39 is 0 Å². The summed E-state index contributed by atoms with van der Waals surface area (Å²) in [5.41, 5.74) is 0. The van der Waals surface area contributed by atoms with E-state index >= 15 is 0 Å². The van der Waals surface area contributed by atoms with E-state index in [4.69, 9.17) is 0 Å². The molecule has 2 aliphatic rings. The minimum atomic E-state index is -0.0521. The zero-order valence-electron chi connectivity index (χ0n) is 7.16. The third-order valence-corrected chi connectivity index (χ3v) is 2.87. The van der Waals surface area contributed by atoms with Crippen molar-refractivity contribution < 1.29 is 5.11 Å². The quantitative estimate of drug-likeness (QED) is 0.639. The standard InChI is InChI=1S/C9H17NO/c1-7-4-9(11)6-10(7)5-8-2-3-8/h7-9,11H,2-6H2,1H3/t7-,9-/m1/s1. The van der Waals surface area contributed by atoms with Crippen LogP contribution in [0.4, 0.5) is 0 Å². The van der Waals surface area contributed by atoms with Gasteiger partial charge in [0.1, 0.15) is 0 Å². The molecule has 1 heterocycles. The van der Waals surface area contributed by atoms with Gasteiger partial charge in [-0.05, 0) is 32.1 Å². The molecule has 11 heavy (non-hydrogen) atoms. The third-order valence-electron chi connectivity index (χ3n) is 2.87. The molecule has 2 nitrogen and oxygen atoms in total. The van der Waals surface area contributed by atoms with Crippen LogP contribution >= 0.6 is 0 Å². The van der Waals surface area contributed by atoms with Gasteiger partial charge >= 0.3 is 0 Å². The zero-order valence-corrected chi connectivity index (χ0v) is 7.16. The van der Waals surface area contributed by atoms with Gasteiger partial charge in [0.15, 0.2) is 0 Å². The molecule has 0 unspecified atom stereocenters. The van der Waals surface area contributed by atoms with Crippen molar-refractivity contribution in [2.45, 2.75) is 38.3 Å². The highest BCUT2D eigenvalue weighted by molar-refractivity contribution is 4.86. The number of hydrogen-bond acceptors (Lipinski definition) is 2. The summed E-state index contributed by atoms with van der Waals surface area (Å²) in [7, 11) is 0. The van der Waals surface area contributed by atoms with Crippen LogP contribution in [-0.4, -0.2) is 35.2 Å². The Labute approximate surface area is 68.2 Å². The highest BCUT2D eigenvalue weighted by atomic mass is 16.3. The fourth-order valence-electron chi connectivity index (χ4n) is 1.95. The molecule has 2 fully saturated rings. The van der Waals surface area contributed by atoms with Gasteiger partial charge in [0.25, 0.3) is 0 Å². The van der Waals surface area contributed by atoms with E-state index in [-0.39, 0.29) is 6.10 Å². The van der Waals surface area contributed by atoms with Gasteiger partial charge in [-0.1, -0.05) is 0 Å². The van der Waals surface area contributed by atoms with Crippen molar-refractivity contribution in [3.05, 3.63) is 0 Å². The summed E-state index contributed by atoms with van der Waals surface area (Å²) in [5, 5.41) is 9.36. The molecule has 0 aromatic carbocycles. The van der Waals surface area contributed by atoms with Gasteiger partial charge in [0.2, 0.25) is 0 Å². The zero-order chi connectivity index (χ0) is 7.84.